The molecule has 1 aromatic rings. The molecule has 0 aliphatic carbocycles. The van der Waals surface area contributed by atoms with Gasteiger partial charge in [0.15, 0.2) is 0 Å². The lowest BCUT2D eigenvalue weighted by atomic mass is 10.1. The van der Waals surface area contributed by atoms with Gasteiger partial charge in [0.2, 0.25) is 10.0 Å². The maximum absolute atomic E-state index is 12.2. The van der Waals surface area contributed by atoms with E-state index in [2.05, 4.69) is 11.3 Å². The Morgan fingerprint density at radius 1 is 1.39 bits per heavy atom. The number of aryl methyl sites for hydroxylation is 1. The Kier molecular flexibility index (Phi) is 4.42. The van der Waals surface area contributed by atoms with Crippen LogP contribution in [0.1, 0.15) is 16.7 Å². The van der Waals surface area contributed by atoms with Crippen molar-refractivity contribution in [3.05, 3.63) is 34.4 Å². The van der Waals surface area contributed by atoms with Crippen molar-refractivity contribution in [1.29, 1.82) is 0 Å². The normalized spacial score (nSPS) is 11.6. The van der Waals surface area contributed by atoms with Crippen molar-refractivity contribution in [1.82, 2.24) is 4.72 Å². The fourth-order valence-electron chi connectivity index (χ4n) is 1.69. The molecule has 18 heavy (non-hydrogen) atoms. The molecule has 0 saturated heterocycles. The predicted molar refractivity (Wildman–Crippen MR) is 75.2 cm³/mol. The number of hydrogen-bond acceptors (Lipinski definition) is 3. The topological polar surface area (TPSA) is 72.2 Å². The van der Waals surface area contributed by atoms with E-state index in [1.165, 1.54) is 0 Å². The Hall–Kier alpha value is -1.04. The summed E-state index contributed by atoms with van der Waals surface area (Å²) in [5.74, 6) is 0. The molecule has 0 radical (unpaired) electrons. The van der Waals surface area contributed by atoms with Crippen LogP contribution in [0.2, 0.25) is 0 Å². The molecule has 0 amide bonds. The average molecular weight is 289 g/mol. The Morgan fingerprint density at radius 2 is 1.94 bits per heavy atom. The van der Waals surface area contributed by atoms with Crippen LogP contribution in [0.15, 0.2) is 22.6 Å². The van der Waals surface area contributed by atoms with Crippen molar-refractivity contribution in [2.24, 2.45) is 0 Å². The van der Waals surface area contributed by atoms with Crippen LogP contribution in [0.5, 0.6) is 0 Å². The van der Waals surface area contributed by atoms with E-state index in [0.29, 0.717) is 16.8 Å². The highest BCUT2D eigenvalue weighted by Gasteiger charge is 2.21. The summed E-state index contributed by atoms with van der Waals surface area (Å²) in [5.41, 5.74) is 8.34. The summed E-state index contributed by atoms with van der Waals surface area (Å²) >= 11 is 5.57. The van der Waals surface area contributed by atoms with Gasteiger partial charge in [-0.25, -0.2) is 13.1 Å². The standard InChI is InChI=1S/C12H17ClN2O2S/c1-7-5-11(14)10(4)12(9(7)3)18(16,17)15-6-8(2)13/h5,15H,2,6,14H2,1,3-4H3. The Balaban J connectivity index is 3.36. The van der Waals surface area contributed by atoms with E-state index < -0.39 is 10.0 Å². The molecule has 0 atom stereocenters. The van der Waals surface area contributed by atoms with Crippen LogP contribution in [0, 0.1) is 20.8 Å². The summed E-state index contributed by atoms with van der Waals surface area (Å²) in [6.45, 7) is 8.71. The number of sulfonamides is 1. The minimum absolute atomic E-state index is 0.00336. The Labute approximate surface area is 113 Å². The van der Waals surface area contributed by atoms with Gasteiger partial charge < -0.3 is 5.73 Å². The second-order valence-corrected chi connectivity index (χ2v) is 6.44. The highest BCUT2D eigenvalue weighted by atomic mass is 35.5. The molecule has 0 aliphatic rings. The molecule has 3 N–H and O–H groups in total. The van der Waals surface area contributed by atoms with Crippen molar-refractivity contribution in [2.75, 3.05) is 12.3 Å². The lowest BCUT2D eigenvalue weighted by molar-refractivity contribution is 0.584. The smallest absolute Gasteiger partial charge is 0.241 e. The largest absolute Gasteiger partial charge is 0.398 e. The van der Waals surface area contributed by atoms with Crippen LogP contribution in [0.25, 0.3) is 0 Å². The zero-order valence-electron chi connectivity index (χ0n) is 10.7. The molecule has 6 heteroatoms. The summed E-state index contributed by atoms with van der Waals surface area (Å²) < 4.78 is 26.8. The highest BCUT2D eigenvalue weighted by Crippen LogP contribution is 2.27. The van der Waals surface area contributed by atoms with Crippen molar-refractivity contribution in [3.63, 3.8) is 0 Å². The van der Waals surface area contributed by atoms with Gasteiger partial charge in [0, 0.05) is 17.3 Å². The van der Waals surface area contributed by atoms with Gasteiger partial charge in [-0.1, -0.05) is 18.2 Å². The van der Waals surface area contributed by atoms with Gasteiger partial charge in [-0.2, -0.15) is 0 Å². The first kappa shape index (κ1) is 15.0. The lowest BCUT2D eigenvalue weighted by Gasteiger charge is -2.15. The monoisotopic (exact) mass is 288 g/mol. The number of halogens is 1. The van der Waals surface area contributed by atoms with Crippen LogP contribution < -0.4 is 10.5 Å². The molecule has 0 heterocycles. The fraction of sp³-hybridized carbons (Fsp3) is 0.333. The first-order valence-corrected chi connectivity index (χ1v) is 7.22. The molecule has 0 fully saturated rings. The molecule has 0 spiro atoms. The molecule has 0 unspecified atom stereocenters. The third-order valence-corrected chi connectivity index (χ3v) is 4.61. The lowest BCUT2D eigenvalue weighted by Crippen LogP contribution is -2.26. The van der Waals surface area contributed by atoms with E-state index in [1.807, 2.05) is 6.92 Å². The maximum atomic E-state index is 12.2. The van der Waals surface area contributed by atoms with Gasteiger partial charge in [-0.3, -0.25) is 0 Å². The van der Waals surface area contributed by atoms with Crippen LogP contribution in [-0.2, 0) is 10.0 Å². The van der Waals surface area contributed by atoms with Crippen LogP contribution in [-0.4, -0.2) is 15.0 Å². The number of nitrogens with one attached hydrogen (secondary N) is 1. The molecular weight excluding hydrogens is 272 g/mol. The third-order valence-electron chi connectivity index (χ3n) is 2.80. The van der Waals surface area contributed by atoms with Gasteiger partial charge in [0.1, 0.15) is 0 Å². The minimum Gasteiger partial charge on any atom is -0.398 e. The number of anilines is 1. The van der Waals surface area contributed by atoms with E-state index in [9.17, 15) is 8.42 Å². The van der Waals surface area contributed by atoms with Crippen molar-refractivity contribution in [2.45, 2.75) is 25.7 Å². The third kappa shape index (κ3) is 3.04. The van der Waals surface area contributed by atoms with Crippen LogP contribution in [0.3, 0.4) is 0 Å². The van der Waals surface area contributed by atoms with Crippen molar-refractivity contribution in [3.8, 4) is 0 Å². The molecule has 0 aliphatic heterocycles. The highest BCUT2D eigenvalue weighted by molar-refractivity contribution is 7.89. The number of hydrogen-bond donors (Lipinski definition) is 2. The van der Waals surface area contributed by atoms with E-state index >= 15 is 0 Å². The summed E-state index contributed by atoms with van der Waals surface area (Å²) in [4.78, 5) is 0.220. The molecule has 1 aromatic carbocycles. The van der Waals surface area contributed by atoms with E-state index in [-0.39, 0.29) is 16.5 Å². The molecular formula is C12H17ClN2O2S. The SMILES string of the molecule is C=C(Cl)CNS(=O)(=O)c1c(C)c(C)cc(N)c1C. The van der Waals surface area contributed by atoms with Gasteiger partial charge in [-0.15, -0.1) is 0 Å². The summed E-state index contributed by atoms with van der Waals surface area (Å²) in [5, 5.41) is 0.231. The van der Waals surface area contributed by atoms with Gasteiger partial charge >= 0.3 is 0 Å². The number of nitrogens with two attached hydrogens (primary N) is 1. The van der Waals surface area contributed by atoms with Gasteiger partial charge in [0.05, 0.1) is 4.90 Å². The molecule has 0 bridgehead atoms. The minimum atomic E-state index is -3.64. The van der Waals surface area contributed by atoms with E-state index in [1.54, 1.807) is 19.9 Å². The Morgan fingerprint density at radius 3 is 2.44 bits per heavy atom. The Bertz CT molecular complexity index is 568. The number of nitrogen functional groups attached to an aromatic ring is 1. The number of rotatable bonds is 4. The zero-order chi connectivity index (χ0) is 14.1. The summed E-state index contributed by atoms with van der Waals surface area (Å²) in [6.07, 6.45) is 0. The van der Waals surface area contributed by atoms with Crippen molar-refractivity contribution < 1.29 is 8.42 Å². The van der Waals surface area contributed by atoms with Crippen molar-refractivity contribution >= 4 is 27.3 Å². The first-order valence-electron chi connectivity index (χ1n) is 5.36. The first-order chi connectivity index (χ1) is 8.16. The van der Waals surface area contributed by atoms with E-state index in [4.69, 9.17) is 17.3 Å². The van der Waals surface area contributed by atoms with Gasteiger partial charge in [0.25, 0.3) is 0 Å². The summed E-state index contributed by atoms with van der Waals surface area (Å²) in [6, 6.07) is 1.77. The fourth-order valence-corrected chi connectivity index (χ4v) is 3.43. The van der Waals surface area contributed by atoms with Crippen LogP contribution >= 0.6 is 11.6 Å². The second-order valence-electron chi connectivity index (χ2n) is 4.20. The average Bonchev–Trinajstić information content (AvgIpc) is 2.24. The summed E-state index contributed by atoms with van der Waals surface area (Å²) in [7, 11) is -3.64. The molecule has 1 rings (SSSR count). The molecule has 0 saturated carbocycles. The van der Waals surface area contributed by atoms with Gasteiger partial charge in [-0.05, 0) is 43.5 Å². The second kappa shape index (κ2) is 5.30. The molecule has 4 nitrogen and oxygen atoms in total. The quantitative estimate of drug-likeness (QED) is 0.835. The predicted octanol–water partition coefficient (Wildman–Crippen LogP) is 2.22. The maximum Gasteiger partial charge on any atom is 0.241 e. The van der Waals surface area contributed by atoms with E-state index in [0.717, 1.165) is 5.56 Å². The molecule has 100 valence electrons. The zero-order valence-corrected chi connectivity index (χ0v) is 12.2. The molecule has 0 aromatic heterocycles. The number of benzene rings is 1. The van der Waals surface area contributed by atoms with Crippen LogP contribution in [0.4, 0.5) is 5.69 Å².